The van der Waals surface area contributed by atoms with Crippen LogP contribution in [0.3, 0.4) is 0 Å². The van der Waals surface area contributed by atoms with Gasteiger partial charge in [0.05, 0.1) is 18.3 Å². The maximum absolute atomic E-state index is 13.6. The molecule has 0 unspecified atom stereocenters. The van der Waals surface area contributed by atoms with E-state index in [4.69, 9.17) is 9.47 Å². The molecule has 0 radical (unpaired) electrons. The van der Waals surface area contributed by atoms with Crippen molar-refractivity contribution in [3.05, 3.63) is 88.3 Å². The normalized spacial score (nSPS) is 21.0. The molecule has 0 bridgehead atoms. The summed E-state index contributed by atoms with van der Waals surface area (Å²) in [6, 6.07) is 17.9. The van der Waals surface area contributed by atoms with Crippen molar-refractivity contribution in [3.63, 3.8) is 0 Å². The Kier molecular flexibility index (Phi) is 7.20. The smallest absolute Gasteiger partial charge is 0.337 e. The van der Waals surface area contributed by atoms with Crippen molar-refractivity contribution in [2.45, 2.75) is 64.9 Å². The molecule has 2 aliphatic rings. The van der Waals surface area contributed by atoms with Gasteiger partial charge in [0.2, 0.25) is 0 Å². The Balaban J connectivity index is 1.76. The second-order valence-electron chi connectivity index (χ2n) is 9.05. The van der Waals surface area contributed by atoms with E-state index < -0.39 is 5.92 Å². The number of dihydropyridines is 1. The van der Waals surface area contributed by atoms with Gasteiger partial charge in [0, 0.05) is 29.3 Å². The number of hydrogen-bond donors (Lipinski definition) is 1. The zero-order chi connectivity index (χ0) is 24.2. The highest BCUT2D eigenvalue weighted by Crippen LogP contribution is 2.46. The molecule has 1 aliphatic heterocycles. The van der Waals surface area contributed by atoms with E-state index in [1.165, 1.54) is 0 Å². The maximum atomic E-state index is 13.6. The molecule has 5 nitrogen and oxygen atoms in total. The lowest BCUT2D eigenvalue weighted by atomic mass is 9.71. The molecule has 1 N–H and O–H groups in total. The van der Waals surface area contributed by atoms with Crippen molar-refractivity contribution >= 4 is 11.8 Å². The minimum absolute atomic E-state index is 0.0721. The highest BCUT2D eigenvalue weighted by atomic mass is 16.5. The standard InChI is InChI=1S/C29H33NO4/c1-5-18(3)34-29(32)26-19(4)30-24-16-22(20-10-8-7-9-11-20)17-25(31)28(24)27(26)21-12-14-23(15-13-21)33-6-2/h7-15,18,22,27,30H,5-6,16-17H2,1-4H3/t18-,22+,27+/m0/s1. The monoisotopic (exact) mass is 459 g/mol. The Morgan fingerprint density at radius 2 is 1.74 bits per heavy atom. The van der Waals surface area contributed by atoms with Crippen LogP contribution in [0.5, 0.6) is 5.75 Å². The van der Waals surface area contributed by atoms with Gasteiger partial charge in [-0.3, -0.25) is 4.79 Å². The van der Waals surface area contributed by atoms with Crippen molar-refractivity contribution in [3.8, 4) is 5.75 Å². The number of ketones is 1. The number of carbonyl (C=O) groups is 2. The van der Waals surface area contributed by atoms with Crippen LogP contribution in [0.15, 0.2) is 77.1 Å². The molecule has 0 saturated heterocycles. The second kappa shape index (κ2) is 10.3. The largest absolute Gasteiger partial charge is 0.494 e. The van der Waals surface area contributed by atoms with E-state index >= 15 is 0 Å². The average molecular weight is 460 g/mol. The molecule has 178 valence electrons. The van der Waals surface area contributed by atoms with E-state index in [2.05, 4.69) is 17.4 Å². The Morgan fingerprint density at radius 1 is 1.03 bits per heavy atom. The zero-order valence-electron chi connectivity index (χ0n) is 20.4. The summed E-state index contributed by atoms with van der Waals surface area (Å²) in [4.78, 5) is 26.9. The first kappa shape index (κ1) is 23.8. The van der Waals surface area contributed by atoms with Gasteiger partial charge in [-0.2, -0.15) is 0 Å². The van der Waals surface area contributed by atoms with Crippen LogP contribution in [0, 0.1) is 0 Å². The van der Waals surface area contributed by atoms with Crippen LogP contribution in [0.4, 0.5) is 0 Å². The van der Waals surface area contributed by atoms with E-state index in [1.807, 2.05) is 70.2 Å². The number of hydrogen-bond acceptors (Lipinski definition) is 5. The van der Waals surface area contributed by atoms with Crippen LogP contribution < -0.4 is 10.1 Å². The van der Waals surface area contributed by atoms with Gasteiger partial charge in [-0.1, -0.05) is 49.4 Å². The molecule has 3 atom stereocenters. The van der Waals surface area contributed by atoms with E-state index in [0.29, 0.717) is 24.2 Å². The van der Waals surface area contributed by atoms with Gasteiger partial charge in [0.15, 0.2) is 5.78 Å². The summed E-state index contributed by atoms with van der Waals surface area (Å²) in [5.74, 6) is 0.110. The maximum Gasteiger partial charge on any atom is 0.337 e. The molecular weight excluding hydrogens is 426 g/mol. The van der Waals surface area contributed by atoms with Crippen molar-refractivity contribution in [1.29, 1.82) is 0 Å². The fourth-order valence-electron chi connectivity index (χ4n) is 4.86. The first-order chi connectivity index (χ1) is 16.4. The van der Waals surface area contributed by atoms with E-state index in [9.17, 15) is 9.59 Å². The molecule has 5 heteroatoms. The summed E-state index contributed by atoms with van der Waals surface area (Å²) in [5.41, 5.74) is 4.88. The molecule has 1 heterocycles. The van der Waals surface area contributed by atoms with E-state index in [0.717, 1.165) is 41.1 Å². The molecule has 2 aromatic carbocycles. The van der Waals surface area contributed by atoms with Crippen LogP contribution >= 0.6 is 0 Å². The predicted octanol–water partition coefficient (Wildman–Crippen LogP) is 5.79. The minimum atomic E-state index is -0.465. The van der Waals surface area contributed by atoms with Gasteiger partial charge < -0.3 is 14.8 Å². The molecule has 2 aromatic rings. The summed E-state index contributed by atoms with van der Waals surface area (Å²) in [6.07, 6.45) is 1.67. The van der Waals surface area contributed by atoms with Gasteiger partial charge in [0.25, 0.3) is 0 Å². The summed E-state index contributed by atoms with van der Waals surface area (Å²) in [5, 5.41) is 3.42. The molecule has 1 aliphatic carbocycles. The van der Waals surface area contributed by atoms with Crippen molar-refractivity contribution in [2.24, 2.45) is 0 Å². The Bertz CT molecular complexity index is 1110. The first-order valence-electron chi connectivity index (χ1n) is 12.2. The quantitative estimate of drug-likeness (QED) is 0.531. The van der Waals surface area contributed by atoms with Crippen LogP contribution in [-0.4, -0.2) is 24.5 Å². The summed E-state index contributed by atoms with van der Waals surface area (Å²) in [7, 11) is 0. The summed E-state index contributed by atoms with van der Waals surface area (Å²) < 4.78 is 11.3. The van der Waals surface area contributed by atoms with Crippen molar-refractivity contribution in [1.82, 2.24) is 5.32 Å². The molecular formula is C29H33NO4. The molecule has 0 aromatic heterocycles. The lowest BCUT2D eigenvalue weighted by Gasteiger charge is -2.37. The zero-order valence-corrected chi connectivity index (χ0v) is 20.4. The minimum Gasteiger partial charge on any atom is -0.494 e. The number of Topliss-reactive ketones (excluding diaryl/α,β-unsaturated/α-hetero) is 1. The predicted molar refractivity (Wildman–Crippen MR) is 132 cm³/mol. The SMILES string of the molecule is CCOc1ccc([C@@H]2C(C(=O)O[C@@H](C)CC)=C(C)NC3=C2C(=O)C[C@H](c2ccccc2)C3)cc1. The first-order valence-corrected chi connectivity index (χ1v) is 12.2. The van der Waals surface area contributed by atoms with Crippen LogP contribution in [-0.2, 0) is 14.3 Å². The van der Waals surface area contributed by atoms with Crippen molar-refractivity contribution in [2.75, 3.05) is 6.61 Å². The van der Waals surface area contributed by atoms with Gasteiger partial charge in [0.1, 0.15) is 5.75 Å². The van der Waals surface area contributed by atoms with Crippen LogP contribution in [0.1, 0.15) is 69.9 Å². The Morgan fingerprint density at radius 3 is 2.38 bits per heavy atom. The lowest BCUT2D eigenvalue weighted by Crippen LogP contribution is -2.36. The number of carbonyl (C=O) groups excluding carboxylic acids is 2. The average Bonchev–Trinajstić information content (AvgIpc) is 2.84. The van der Waals surface area contributed by atoms with E-state index in [1.54, 1.807) is 0 Å². The fourth-order valence-corrected chi connectivity index (χ4v) is 4.86. The van der Waals surface area contributed by atoms with Gasteiger partial charge in [-0.15, -0.1) is 0 Å². The highest BCUT2D eigenvalue weighted by molar-refractivity contribution is 6.04. The Labute approximate surface area is 201 Å². The Hall–Kier alpha value is -3.34. The number of nitrogens with one attached hydrogen (secondary N) is 1. The molecule has 0 spiro atoms. The number of benzene rings is 2. The van der Waals surface area contributed by atoms with Gasteiger partial charge >= 0.3 is 5.97 Å². The molecule has 0 saturated carbocycles. The van der Waals surface area contributed by atoms with Gasteiger partial charge in [-0.05, 0) is 62.8 Å². The third kappa shape index (κ3) is 4.79. The number of allylic oxidation sites excluding steroid dienone is 3. The number of rotatable bonds is 7. The van der Waals surface area contributed by atoms with Gasteiger partial charge in [-0.25, -0.2) is 4.79 Å². The van der Waals surface area contributed by atoms with Crippen LogP contribution in [0.25, 0.3) is 0 Å². The summed E-state index contributed by atoms with van der Waals surface area (Å²) >= 11 is 0. The lowest BCUT2D eigenvalue weighted by molar-refractivity contribution is -0.144. The molecule has 0 fully saturated rings. The summed E-state index contributed by atoms with van der Waals surface area (Å²) in [6.45, 7) is 8.28. The van der Waals surface area contributed by atoms with Crippen LogP contribution in [0.2, 0.25) is 0 Å². The fraction of sp³-hybridized carbons (Fsp3) is 0.379. The topological polar surface area (TPSA) is 64.6 Å². The third-order valence-electron chi connectivity index (χ3n) is 6.73. The highest BCUT2D eigenvalue weighted by Gasteiger charge is 2.41. The second-order valence-corrected chi connectivity index (χ2v) is 9.05. The molecule has 4 rings (SSSR count). The van der Waals surface area contributed by atoms with Crippen molar-refractivity contribution < 1.29 is 19.1 Å². The number of ether oxygens (including phenoxy) is 2. The third-order valence-corrected chi connectivity index (χ3v) is 6.73. The van der Waals surface area contributed by atoms with E-state index in [-0.39, 0.29) is 23.8 Å². The molecule has 0 amide bonds. The number of esters is 1. The molecule has 34 heavy (non-hydrogen) atoms.